The van der Waals surface area contributed by atoms with Crippen LogP contribution in [0.15, 0.2) is 48.5 Å². The Hall–Kier alpha value is -3.02. The molecule has 2 heterocycles. The second kappa shape index (κ2) is 8.61. The number of ether oxygens (including phenoxy) is 1. The lowest BCUT2D eigenvalue weighted by molar-refractivity contribution is 0.0206. The minimum Gasteiger partial charge on any atom is -0.444 e. The molecule has 6 heteroatoms. The van der Waals surface area contributed by atoms with Crippen molar-refractivity contribution in [2.24, 2.45) is 0 Å². The van der Waals surface area contributed by atoms with E-state index in [4.69, 9.17) is 9.72 Å². The normalized spacial score (nSPS) is 17.0. The van der Waals surface area contributed by atoms with Gasteiger partial charge in [-0.3, -0.25) is 0 Å². The van der Waals surface area contributed by atoms with Crippen molar-refractivity contribution in [3.8, 4) is 0 Å². The number of aromatic nitrogens is 2. The summed E-state index contributed by atoms with van der Waals surface area (Å²) in [5, 5.41) is 3.62. The predicted molar refractivity (Wildman–Crippen MR) is 124 cm³/mol. The first-order valence-electron chi connectivity index (χ1n) is 11.0. The summed E-state index contributed by atoms with van der Waals surface area (Å²) in [5.74, 6) is 0.845. The van der Waals surface area contributed by atoms with Crippen molar-refractivity contribution in [3.05, 3.63) is 59.7 Å². The van der Waals surface area contributed by atoms with Crippen LogP contribution in [0.5, 0.6) is 0 Å². The van der Waals surface area contributed by atoms with E-state index in [1.54, 1.807) is 4.90 Å². The molecule has 1 aromatic heterocycles. The number of carbonyl (C=O) groups excluding carboxylic acids is 1. The Bertz CT molecular complexity index is 1050. The molecule has 0 spiro atoms. The fourth-order valence-electron chi connectivity index (χ4n) is 3.99. The summed E-state index contributed by atoms with van der Waals surface area (Å²) in [6.07, 6.45) is 1.69. The second-order valence-corrected chi connectivity index (χ2v) is 9.41. The quantitative estimate of drug-likeness (QED) is 0.630. The maximum Gasteiger partial charge on any atom is 0.410 e. The van der Waals surface area contributed by atoms with Gasteiger partial charge in [-0.2, -0.15) is 0 Å². The van der Waals surface area contributed by atoms with Gasteiger partial charge in [0.25, 0.3) is 0 Å². The average molecular weight is 421 g/mol. The van der Waals surface area contributed by atoms with Crippen molar-refractivity contribution in [1.29, 1.82) is 0 Å². The maximum absolute atomic E-state index is 12.5. The van der Waals surface area contributed by atoms with Gasteiger partial charge >= 0.3 is 6.09 Å². The molecule has 6 nitrogen and oxygen atoms in total. The van der Waals surface area contributed by atoms with E-state index in [9.17, 15) is 4.79 Å². The Morgan fingerprint density at radius 2 is 1.90 bits per heavy atom. The molecule has 1 aliphatic heterocycles. The molecule has 1 aliphatic rings. The minimum absolute atomic E-state index is 0.134. The Kier molecular flexibility index (Phi) is 5.90. The molecule has 0 radical (unpaired) electrons. The molecule has 1 amide bonds. The minimum atomic E-state index is -0.487. The fraction of sp³-hybridized carbons (Fsp3) is 0.440. The summed E-state index contributed by atoms with van der Waals surface area (Å²) in [6, 6.07) is 17.0. The van der Waals surface area contributed by atoms with Crippen LogP contribution in [0.3, 0.4) is 0 Å². The average Bonchev–Trinajstić information content (AvgIpc) is 3.06. The Balaban J connectivity index is 1.55. The number of piperidine rings is 1. The molecule has 31 heavy (non-hydrogen) atoms. The largest absolute Gasteiger partial charge is 0.444 e. The molecule has 0 saturated carbocycles. The molecule has 2 aromatic carbocycles. The number of rotatable bonds is 4. The van der Waals surface area contributed by atoms with Gasteiger partial charge in [0, 0.05) is 19.1 Å². The van der Waals surface area contributed by atoms with E-state index in [1.807, 2.05) is 39.0 Å². The highest BCUT2D eigenvalue weighted by Gasteiger charge is 2.28. The van der Waals surface area contributed by atoms with E-state index in [0.29, 0.717) is 6.54 Å². The second-order valence-electron chi connectivity index (χ2n) is 9.41. The third-order valence-electron chi connectivity index (χ3n) is 5.52. The number of aryl methyl sites for hydroxylation is 1. The molecule has 1 fully saturated rings. The monoisotopic (exact) mass is 420 g/mol. The molecule has 164 valence electrons. The van der Waals surface area contributed by atoms with Gasteiger partial charge in [0.2, 0.25) is 5.95 Å². The van der Waals surface area contributed by atoms with E-state index >= 15 is 0 Å². The number of benzene rings is 2. The van der Waals surface area contributed by atoms with Crippen LogP contribution < -0.4 is 5.32 Å². The number of amides is 1. The van der Waals surface area contributed by atoms with Crippen molar-refractivity contribution >= 4 is 23.1 Å². The number of likely N-dealkylation sites (tertiary alicyclic amines) is 1. The first-order chi connectivity index (χ1) is 14.8. The highest BCUT2D eigenvalue weighted by molar-refractivity contribution is 5.79. The van der Waals surface area contributed by atoms with Gasteiger partial charge in [0.05, 0.1) is 17.6 Å². The van der Waals surface area contributed by atoms with Crippen molar-refractivity contribution < 1.29 is 9.53 Å². The van der Waals surface area contributed by atoms with Crippen molar-refractivity contribution in [2.45, 2.75) is 58.7 Å². The van der Waals surface area contributed by atoms with E-state index in [1.165, 1.54) is 11.1 Å². The van der Waals surface area contributed by atoms with Gasteiger partial charge in [-0.05, 0) is 58.2 Å². The van der Waals surface area contributed by atoms with Gasteiger partial charge in [-0.15, -0.1) is 0 Å². The van der Waals surface area contributed by atoms with Crippen molar-refractivity contribution in [1.82, 2.24) is 14.5 Å². The summed E-state index contributed by atoms with van der Waals surface area (Å²) in [4.78, 5) is 19.2. The topological polar surface area (TPSA) is 59.4 Å². The van der Waals surface area contributed by atoms with Crippen LogP contribution in [0, 0.1) is 6.92 Å². The summed E-state index contributed by atoms with van der Waals surface area (Å²) in [6.45, 7) is 9.89. The molecule has 0 bridgehead atoms. The molecule has 1 unspecified atom stereocenters. The number of carbonyl (C=O) groups is 1. The van der Waals surface area contributed by atoms with Crippen molar-refractivity contribution in [2.75, 3.05) is 18.4 Å². The van der Waals surface area contributed by atoms with Gasteiger partial charge in [0.15, 0.2) is 0 Å². The zero-order chi connectivity index (χ0) is 22.0. The molecule has 1 saturated heterocycles. The number of nitrogens with zero attached hydrogens (tertiary/aromatic N) is 3. The molecular weight excluding hydrogens is 388 g/mol. The number of hydrogen-bond acceptors (Lipinski definition) is 4. The first kappa shape index (κ1) is 21.2. The third-order valence-corrected chi connectivity index (χ3v) is 5.52. The highest BCUT2D eigenvalue weighted by atomic mass is 16.6. The fourth-order valence-corrected chi connectivity index (χ4v) is 3.99. The Morgan fingerprint density at radius 3 is 2.65 bits per heavy atom. The van der Waals surface area contributed by atoms with Gasteiger partial charge < -0.3 is 19.5 Å². The molecular formula is C25H32N4O2. The summed E-state index contributed by atoms with van der Waals surface area (Å²) in [5.41, 5.74) is 4.07. The Morgan fingerprint density at radius 1 is 1.16 bits per heavy atom. The van der Waals surface area contributed by atoms with Crippen LogP contribution in [-0.2, 0) is 11.3 Å². The van der Waals surface area contributed by atoms with Gasteiger partial charge in [-0.1, -0.05) is 42.0 Å². The molecule has 3 aromatic rings. The highest BCUT2D eigenvalue weighted by Crippen LogP contribution is 2.24. The van der Waals surface area contributed by atoms with Crippen LogP contribution in [-0.4, -0.2) is 45.3 Å². The lowest BCUT2D eigenvalue weighted by Gasteiger charge is -2.34. The number of para-hydroxylation sites is 2. The lowest BCUT2D eigenvalue weighted by Crippen LogP contribution is -2.47. The van der Waals surface area contributed by atoms with Crippen LogP contribution >= 0.6 is 0 Å². The molecule has 1 N–H and O–H groups in total. The molecule has 0 aliphatic carbocycles. The smallest absolute Gasteiger partial charge is 0.410 e. The van der Waals surface area contributed by atoms with E-state index in [-0.39, 0.29) is 12.1 Å². The third kappa shape index (κ3) is 5.19. The Labute approximate surface area is 184 Å². The first-order valence-corrected chi connectivity index (χ1v) is 11.0. The van der Waals surface area contributed by atoms with Gasteiger partial charge in [0.1, 0.15) is 5.60 Å². The van der Waals surface area contributed by atoms with Crippen LogP contribution in [0.25, 0.3) is 11.0 Å². The summed E-state index contributed by atoms with van der Waals surface area (Å²) in [7, 11) is 0. The number of fused-ring (bicyclic) bond motifs is 1. The predicted octanol–water partition coefficient (Wildman–Crippen LogP) is 5.20. The van der Waals surface area contributed by atoms with E-state index < -0.39 is 5.60 Å². The van der Waals surface area contributed by atoms with Crippen LogP contribution in [0.4, 0.5) is 10.7 Å². The number of hydrogen-bond donors (Lipinski definition) is 1. The summed E-state index contributed by atoms with van der Waals surface area (Å²) >= 11 is 0. The zero-order valence-corrected chi connectivity index (χ0v) is 18.9. The number of imidazole rings is 1. The van der Waals surface area contributed by atoms with Crippen molar-refractivity contribution in [3.63, 3.8) is 0 Å². The number of anilines is 1. The zero-order valence-electron chi connectivity index (χ0n) is 18.9. The number of nitrogens with one attached hydrogen (secondary N) is 1. The summed E-state index contributed by atoms with van der Waals surface area (Å²) < 4.78 is 7.80. The van der Waals surface area contributed by atoms with Gasteiger partial charge in [-0.25, -0.2) is 9.78 Å². The van der Waals surface area contributed by atoms with E-state index in [2.05, 4.69) is 47.1 Å². The SMILES string of the molecule is Cc1ccc(Cn2c(NC3CCCN(C(=O)OC(C)(C)C)C3)nc3ccccc32)cc1. The molecule has 1 atom stereocenters. The maximum atomic E-state index is 12.5. The molecule has 4 rings (SSSR count). The van der Waals surface area contributed by atoms with Crippen LogP contribution in [0.1, 0.15) is 44.7 Å². The lowest BCUT2D eigenvalue weighted by atomic mass is 10.1. The van der Waals surface area contributed by atoms with Crippen LogP contribution in [0.2, 0.25) is 0 Å². The standard InChI is InChI=1S/C25H32N4O2/c1-18-11-13-19(14-12-18)16-29-22-10-6-5-9-21(22)27-23(29)26-20-8-7-15-28(17-20)24(30)31-25(2,3)4/h5-6,9-14,20H,7-8,15-17H2,1-4H3,(H,26,27). The van der Waals surface area contributed by atoms with E-state index in [0.717, 1.165) is 42.9 Å².